The quantitative estimate of drug-likeness (QED) is 0.294. The number of hydrogen-bond donors (Lipinski definition) is 0. The van der Waals surface area contributed by atoms with E-state index in [0.717, 1.165) is 0 Å². The normalized spacial score (nSPS) is 0. The van der Waals surface area contributed by atoms with E-state index in [0.29, 0.717) is 0 Å². The molecule has 0 N–H and O–H groups in total. The summed E-state index contributed by atoms with van der Waals surface area (Å²) in [5.41, 5.74) is 0. The van der Waals surface area contributed by atoms with Gasteiger partial charge in [0.2, 0.25) is 0 Å². The zero-order valence-electron chi connectivity index (χ0n) is 2.33. The molecule has 0 aliphatic rings. The maximum Gasteiger partial charge on any atom is 2.00 e. The fraction of sp³-hybridized carbons (Fsp3) is 0. The van der Waals surface area contributed by atoms with Gasteiger partial charge in [-0.15, -0.1) is 0 Å². The van der Waals surface area contributed by atoms with E-state index >= 15 is 0 Å². The average Bonchev–Trinajstić information content (AvgIpc) is 0. The van der Waals surface area contributed by atoms with E-state index in [1.54, 1.807) is 0 Å². The third-order valence-corrected chi connectivity index (χ3v) is 0. The van der Waals surface area contributed by atoms with Gasteiger partial charge in [0.25, 0.3) is 0 Å². The van der Waals surface area contributed by atoms with Gasteiger partial charge in [0.15, 0.2) is 0 Å². The summed E-state index contributed by atoms with van der Waals surface area (Å²) in [6, 6.07) is 0. The Morgan fingerprint density at radius 1 is 0.333 bits per heavy atom. The smallest absolute Gasteiger partial charge is 1.00 e. The van der Waals surface area contributed by atoms with E-state index in [-0.39, 0.29) is 71.9 Å². The topological polar surface area (TPSA) is 0 Å². The van der Waals surface area contributed by atoms with Gasteiger partial charge in [0.1, 0.15) is 0 Å². The molecule has 0 bridgehead atoms. The fourth-order valence-electron chi connectivity index (χ4n) is 0. The van der Waals surface area contributed by atoms with Gasteiger partial charge < -0.3 is 18.8 Å². The van der Waals surface area contributed by atoms with Crippen LogP contribution in [0.15, 0.2) is 0 Å². The molecule has 0 atom stereocenters. The van der Waals surface area contributed by atoms with Gasteiger partial charge in [0, 0.05) is 0 Å². The van der Waals surface area contributed by atoms with Crippen LogP contribution in [0.1, 0.15) is 0 Å². The molecule has 0 saturated heterocycles. The van der Waals surface area contributed by atoms with E-state index in [1.807, 2.05) is 0 Å². The first-order valence-corrected chi connectivity index (χ1v) is 0. The summed E-state index contributed by atoms with van der Waals surface area (Å²) in [7, 11) is 0. The zero-order chi connectivity index (χ0) is 0. The SMILES string of the molecule is [F-].[F-].[F-].[F-].[Po+2].[Po+2]. The van der Waals surface area contributed by atoms with Gasteiger partial charge >= 0.3 is 53.1 Å². The predicted molar refractivity (Wildman–Crippen MR) is 11.5 cm³/mol. The summed E-state index contributed by atoms with van der Waals surface area (Å²) in [6.45, 7) is 0. The van der Waals surface area contributed by atoms with Crippen molar-refractivity contribution in [1.29, 1.82) is 0 Å². The standard InChI is InChI=1S/4FH.2Po/h4*1H;;/q;;;;2*+2/p-4. The molecule has 0 saturated carbocycles. The minimum absolute atomic E-state index is 0. The van der Waals surface area contributed by atoms with Crippen molar-refractivity contribution in [1.82, 2.24) is 0 Å². The minimum atomic E-state index is 0. The van der Waals surface area contributed by atoms with Crippen molar-refractivity contribution in [2.75, 3.05) is 0 Å². The monoisotopic (exact) mass is 494 g/mol. The third kappa shape index (κ3) is 49.1. The maximum atomic E-state index is 0. The first-order valence-electron chi connectivity index (χ1n) is 0. The van der Waals surface area contributed by atoms with Crippen molar-refractivity contribution in [3.63, 3.8) is 0 Å². The van der Waals surface area contributed by atoms with Crippen LogP contribution in [0, 0.1) is 0 Å². The average molecular weight is 494 g/mol. The van der Waals surface area contributed by atoms with E-state index < -0.39 is 0 Å². The molecule has 0 nitrogen and oxygen atoms in total. The molecular weight excluding hydrogens is 494 g/mol. The Morgan fingerprint density at radius 2 is 0.333 bits per heavy atom. The summed E-state index contributed by atoms with van der Waals surface area (Å²) in [5.74, 6) is 0. The second kappa shape index (κ2) is 86.5. The molecule has 6 heteroatoms. The first kappa shape index (κ1) is 139. The van der Waals surface area contributed by atoms with E-state index in [2.05, 4.69) is 0 Å². The predicted octanol–water partition coefficient (Wildman–Crippen LogP) is -12.7. The largest absolute Gasteiger partial charge is 2.00 e. The molecule has 0 aromatic carbocycles. The molecule has 0 rings (SSSR count). The summed E-state index contributed by atoms with van der Waals surface area (Å²) in [6.07, 6.45) is 0. The van der Waals surface area contributed by atoms with Gasteiger partial charge in [-0.05, 0) is 0 Å². The molecule has 0 spiro atoms. The van der Waals surface area contributed by atoms with Crippen molar-refractivity contribution in [3.05, 3.63) is 0 Å². The number of rotatable bonds is 0. The van der Waals surface area contributed by atoms with Gasteiger partial charge in [-0.1, -0.05) is 0 Å². The molecule has 0 unspecified atom stereocenters. The molecule has 8 radical (unpaired) electrons. The summed E-state index contributed by atoms with van der Waals surface area (Å²) in [4.78, 5) is 0. The Bertz CT molecular complexity index is 5.51. The molecule has 0 heterocycles. The van der Waals surface area contributed by atoms with Crippen LogP contribution in [-0.2, 0) is 0 Å². The van der Waals surface area contributed by atoms with Gasteiger partial charge in [-0.25, -0.2) is 0 Å². The maximum absolute atomic E-state index is 0. The Balaban J connectivity index is 0. The first-order chi connectivity index (χ1) is 0. The molecule has 0 aromatic rings. The Labute approximate surface area is 71.5 Å². The van der Waals surface area contributed by atoms with Crippen molar-refractivity contribution < 1.29 is 18.8 Å². The molecular formula is F4Po2. The summed E-state index contributed by atoms with van der Waals surface area (Å²) in [5, 5.41) is 0. The fourth-order valence-corrected chi connectivity index (χ4v) is 0. The Hall–Kier alpha value is 1.51. The molecule has 0 amide bonds. The van der Waals surface area contributed by atoms with Crippen LogP contribution < -0.4 is 18.8 Å². The molecule has 40 valence electrons. The van der Waals surface area contributed by atoms with Crippen LogP contribution in [0.5, 0.6) is 0 Å². The van der Waals surface area contributed by atoms with Crippen LogP contribution in [0.4, 0.5) is 0 Å². The molecule has 0 aliphatic heterocycles. The molecule has 0 fully saturated rings. The van der Waals surface area contributed by atoms with E-state index in [1.165, 1.54) is 0 Å². The Morgan fingerprint density at radius 3 is 0.333 bits per heavy atom. The van der Waals surface area contributed by atoms with Crippen molar-refractivity contribution in [3.8, 4) is 0 Å². The molecule has 6 heavy (non-hydrogen) atoms. The van der Waals surface area contributed by atoms with Crippen LogP contribution in [0.3, 0.4) is 0 Å². The van der Waals surface area contributed by atoms with Gasteiger partial charge in [-0.3, -0.25) is 0 Å². The zero-order valence-corrected chi connectivity index (χ0v) is 8.68. The second-order valence-electron chi connectivity index (χ2n) is 0. The van der Waals surface area contributed by atoms with Crippen molar-refractivity contribution >= 4 is 53.1 Å². The van der Waals surface area contributed by atoms with Crippen LogP contribution >= 0.6 is 0 Å². The summed E-state index contributed by atoms with van der Waals surface area (Å²) >= 11 is 0. The van der Waals surface area contributed by atoms with Gasteiger partial charge in [0.05, 0.1) is 0 Å². The minimum Gasteiger partial charge on any atom is -1.00 e. The van der Waals surface area contributed by atoms with Crippen LogP contribution in [0.2, 0.25) is 0 Å². The second-order valence-corrected chi connectivity index (χ2v) is 0. The molecule has 0 aromatic heterocycles. The van der Waals surface area contributed by atoms with E-state index in [9.17, 15) is 0 Å². The number of halogens is 4. The number of hydrogen-bond acceptors (Lipinski definition) is 0. The van der Waals surface area contributed by atoms with Crippen LogP contribution in [-0.4, -0.2) is 53.1 Å². The summed E-state index contributed by atoms with van der Waals surface area (Å²) < 4.78 is 0. The van der Waals surface area contributed by atoms with Gasteiger partial charge in [-0.2, -0.15) is 0 Å². The van der Waals surface area contributed by atoms with Crippen molar-refractivity contribution in [2.24, 2.45) is 0 Å². The molecule has 0 aliphatic carbocycles. The Kier molecular flexibility index (Phi) is 2010. The van der Waals surface area contributed by atoms with Crippen molar-refractivity contribution in [2.45, 2.75) is 0 Å². The van der Waals surface area contributed by atoms with E-state index in [4.69, 9.17) is 0 Å². The third-order valence-electron chi connectivity index (χ3n) is 0. The van der Waals surface area contributed by atoms with Crippen LogP contribution in [0.25, 0.3) is 0 Å².